The van der Waals surface area contributed by atoms with Crippen molar-refractivity contribution in [3.05, 3.63) is 0 Å². The van der Waals surface area contributed by atoms with Crippen molar-refractivity contribution in [3.63, 3.8) is 0 Å². The average Bonchev–Trinajstić information content (AvgIpc) is 2.75. The number of rotatable bonds is 5. The average molecular weight is 244 g/mol. The number of ether oxygens (including phenoxy) is 1. The molecule has 2 amide bonds. The molecule has 0 spiro atoms. The fraction of sp³-hybridized carbons (Fsp3) is 0.700. The van der Waals surface area contributed by atoms with E-state index in [0.717, 1.165) is 0 Å². The molecule has 1 saturated heterocycles. The van der Waals surface area contributed by atoms with E-state index in [4.69, 9.17) is 9.84 Å². The highest BCUT2D eigenvalue weighted by Gasteiger charge is 2.34. The van der Waals surface area contributed by atoms with Crippen molar-refractivity contribution in [1.29, 1.82) is 0 Å². The topological polar surface area (TPSA) is 105 Å². The van der Waals surface area contributed by atoms with E-state index in [9.17, 15) is 14.4 Å². The van der Waals surface area contributed by atoms with Gasteiger partial charge in [0.25, 0.3) is 0 Å². The van der Waals surface area contributed by atoms with Crippen molar-refractivity contribution in [2.24, 2.45) is 0 Å². The first-order chi connectivity index (χ1) is 8.04. The lowest BCUT2D eigenvalue weighted by molar-refractivity contribution is -0.152. The summed E-state index contributed by atoms with van der Waals surface area (Å²) in [6.07, 6.45) is -1.02. The van der Waals surface area contributed by atoms with Crippen molar-refractivity contribution < 1.29 is 24.2 Å². The molecule has 0 aromatic heterocycles. The van der Waals surface area contributed by atoms with Crippen molar-refractivity contribution in [2.75, 3.05) is 13.1 Å². The molecule has 1 rings (SSSR count). The summed E-state index contributed by atoms with van der Waals surface area (Å²) < 4.78 is 5.03. The minimum atomic E-state index is -1.07. The van der Waals surface area contributed by atoms with E-state index in [1.807, 2.05) is 0 Å². The minimum absolute atomic E-state index is 0.121. The lowest BCUT2D eigenvalue weighted by atomic mass is 10.2. The lowest BCUT2D eigenvalue weighted by Crippen LogP contribution is -2.41. The highest BCUT2D eigenvalue weighted by atomic mass is 16.5. The van der Waals surface area contributed by atoms with Gasteiger partial charge in [-0.1, -0.05) is 0 Å². The molecule has 7 nitrogen and oxygen atoms in total. The molecule has 1 aliphatic rings. The number of carboxylic acids is 1. The molecule has 7 heteroatoms. The number of likely N-dealkylation sites (N-methyl/N-ethyl adjacent to an activating group) is 1. The zero-order valence-electron chi connectivity index (χ0n) is 9.56. The van der Waals surface area contributed by atoms with Crippen LogP contribution in [0, 0.1) is 0 Å². The molecular weight excluding hydrogens is 228 g/mol. The van der Waals surface area contributed by atoms with Crippen molar-refractivity contribution in [1.82, 2.24) is 10.6 Å². The first kappa shape index (κ1) is 13.4. The Kier molecular flexibility index (Phi) is 4.89. The molecule has 0 aromatic rings. The Morgan fingerprint density at radius 3 is 2.41 bits per heavy atom. The molecule has 3 N–H and O–H groups in total. The van der Waals surface area contributed by atoms with E-state index in [0.29, 0.717) is 19.4 Å². The number of carbonyl (C=O) groups excluding carboxylic acids is 2. The summed E-state index contributed by atoms with van der Waals surface area (Å²) in [4.78, 5) is 33.2. The third-order valence-electron chi connectivity index (χ3n) is 2.38. The van der Waals surface area contributed by atoms with Crippen LogP contribution in [0.5, 0.6) is 0 Å². The van der Waals surface area contributed by atoms with Crippen LogP contribution in [0.4, 0.5) is 0 Å². The Hall–Kier alpha value is -1.63. The van der Waals surface area contributed by atoms with Gasteiger partial charge >= 0.3 is 5.97 Å². The van der Waals surface area contributed by atoms with Gasteiger partial charge in [0.1, 0.15) is 6.10 Å². The second-order valence-corrected chi connectivity index (χ2v) is 3.70. The summed E-state index contributed by atoms with van der Waals surface area (Å²) >= 11 is 0. The quantitative estimate of drug-likeness (QED) is 0.567. The van der Waals surface area contributed by atoms with Crippen LogP contribution in [0.25, 0.3) is 0 Å². The van der Waals surface area contributed by atoms with E-state index in [1.54, 1.807) is 6.92 Å². The Morgan fingerprint density at radius 1 is 1.24 bits per heavy atom. The Morgan fingerprint density at radius 2 is 1.88 bits per heavy atom. The van der Waals surface area contributed by atoms with E-state index in [1.165, 1.54) is 0 Å². The SMILES string of the molecule is CCNC(=O)CNC(=O)[C@@H]1CC[C@H](C(=O)O)O1. The summed E-state index contributed by atoms with van der Waals surface area (Å²) in [5.41, 5.74) is 0. The van der Waals surface area contributed by atoms with Crippen LogP contribution in [-0.4, -0.2) is 48.2 Å². The molecule has 0 unspecified atom stereocenters. The molecule has 0 bridgehead atoms. The summed E-state index contributed by atoms with van der Waals surface area (Å²) in [6, 6.07) is 0. The van der Waals surface area contributed by atoms with Gasteiger partial charge in [0.05, 0.1) is 6.54 Å². The van der Waals surface area contributed by atoms with E-state index in [2.05, 4.69) is 10.6 Å². The van der Waals surface area contributed by atoms with Crippen LogP contribution in [0.1, 0.15) is 19.8 Å². The highest BCUT2D eigenvalue weighted by molar-refractivity contribution is 5.87. The Bertz CT molecular complexity index is 318. The number of carboxylic acid groups (broad SMARTS) is 1. The van der Waals surface area contributed by atoms with Gasteiger partial charge in [0, 0.05) is 6.54 Å². The zero-order chi connectivity index (χ0) is 12.8. The minimum Gasteiger partial charge on any atom is -0.479 e. The maximum absolute atomic E-state index is 11.5. The maximum Gasteiger partial charge on any atom is 0.332 e. The first-order valence-corrected chi connectivity index (χ1v) is 5.47. The smallest absolute Gasteiger partial charge is 0.332 e. The third kappa shape index (κ3) is 4.03. The van der Waals surface area contributed by atoms with Gasteiger partial charge in [-0.05, 0) is 19.8 Å². The molecule has 1 heterocycles. The fourth-order valence-electron chi connectivity index (χ4n) is 1.55. The van der Waals surface area contributed by atoms with E-state index >= 15 is 0 Å². The molecule has 0 aromatic carbocycles. The Labute approximate surface area is 98.5 Å². The second kappa shape index (κ2) is 6.19. The number of amides is 2. The van der Waals surface area contributed by atoms with Crippen molar-refractivity contribution in [3.8, 4) is 0 Å². The van der Waals surface area contributed by atoms with Crippen molar-refractivity contribution >= 4 is 17.8 Å². The summed E-state index contributed by atoms with van der Waals surface area (Å²) in [7, 11) is 0. The summed E-state index contributed by atoms with van der Waals surface area (Å²) in [5.74, 6) is -1.79. The van der Waals surface area contributed by atoms with Crippen molar-refractivity contribution in [2.45, 2.75) is 32.0 Å². The molecule has 2 atom stereocenters. The van der Waals surface area contributed by atoms with Gasteiger partial charge < -0.3 is 20.5 Å². The van der Waals surface area contributed by atoms with Crippen LogP contribution < -0.4 is 10.6 Å². The van der Waals surface area contributed by atoms with Gasteiger partial charge in [-0.3, -0.25) is 9.59 Å². The Balaban J connectivity index is 2.30. The van der Waals surface area contributed by atoms with Gasteiger partial charge in [-0.25, -0.2) is 4.79 Å². The maximum atomic E-state index is 11.5. The largest absolute Gasteiger partial charge is 0.479 e. The zero-order valence-corrected chi connectivity index (χ0v) is 9.56. The lowest BCUT2D eigenvalue weighted by Gasteiger charge is -2.11. The number of nitrogens with one attached hydrogen (secondary N) is 2. The van der Waals surface area contributed by atoms with Gasteiger partial charge in [-0.15, -0.1) is 0 Å². The third-order valence-corrected chi connectivity index (χ3v) is 2.38. The van der Waals surface area contributed by atoms with Gasteiger partial charge in [0.15, 0.2) is 6.10 Å². The van der Waals surface area contributed by atoms with Crippen LogP contribution in [0.15, 0.2) is 0 Å². The molecule has 0 saturated carbocycles. The summed E-state index contributed by atoms with van der Waals surface area (Å²) in [6.45, 7) is 2.15. The number of carbonyl (C=O) groups is 3. The van der Waals surface area contributed by atoms with Crippen LogP contribution in [0.2, 0.25) is 0 Å². The monoisotopic (exact) mass is 244 g/mol. The van der Waals surface area contributed by atoms with Gasteiger partial charge in [-0.2, -0.15) is 0 Å². The van der Waals surface area contributed by atoms with E-state index < -0.39 is 24.1 Å². The predicted molar refractivity (Wildman–Crippen MR) is 57.2 cm³/mol. The molecule has 1 fully saturated rings. The molecular formula is C10H16N2O5. The van der Waals surface area contributed by atoms with Crippen LogP contribution in [0.3, 0.4) is 0 Å². The molecule has 0 radical (unpaired) electrons. The number of hydrogen-bond donors (Lipinski definition) is 3. The second-order valence-electron chi connectivity index (χ2n) is 3.70. The molecule has 96 valence electrons. The van der Waals surface area contributed by atoms with Crippen LogP contribution in [-0.2, 0) is 19.1 Å². The predicted octanol–water partition coefficient (Wildman–Crippen LogP) is -1.13. The van der Waals surface area contributed by atoms with Crippen LogP contribution >= 0.6 is 0 Å². The fourth-order valence-corrected chi connectivity index (χ4v) is 1.55. The number of aliphatic carboxylic acids is 1. The normalized spacial score (nSPS) is 23.1. The first-order valence-electron chi connectivity index (χ1n) is 5.47. The standard InChI is InChI=1S/C10H16N2O5/c1-2-11-8(13)5-12-9(14)6-3-4-7(17-6)10(15)16/h6-7H,2-5H2,1H3,(H,11,13)(H,12,14)(H,15,16)/t6-,7+/m0/s1. The molecule has 0 aliphatic carbocycles. The van der Waals surface area contributed by atoms with Gasteiger partial charge in [0.2, 0.25) is 11.8 Å². The molecule has 17 heavy (non-hydrogen) atoms. The highest BCUT2D eigenvalue weighted by Crippen LogP contribution is 2.19. The number of hydrogen-bond acceptors (Lipinski definition) is 4. The van der Waals surface area contributed by atoms with E-state index in [-0.39, 0.29) is 12.5 Å². The molecule has 1 aliphatic heterocycles. The summed E-state index contributed by atoms with van der Waals surface area (Å²) in [5, 5.41) is 13.6.